The highest BCUT2D eigenvalue weighted by Gasteiger charge is 2.42. The monoisotopic (exact) mass is 554 g/mol. The number of Topliss-reactive ketones (excluding diaryl/α,β-unsaturated/α-hetero) is 1. The Hall–Kier alpha value is -4.50. The van der Waals surface area contributed by atoms with E-state index in [0.29, 0.717) is 24.6 Å². The van der Waals surface area contributed by atoms with E-state index in [4.69, 9.17) is 4.74 Å². The number of anilines is 3. The number of aryl methyl sites for hydroxylation is 1. The highest BCUT2D eigenvalue weighted by atomic mass is 16.5. The van der Waals surface area contributed by atoms with Gasteiger partial charge < -0.3 is 19.9 Å². The molecule has 0 unspecified atom stereocenters. The van der Waals surface area contributed by atoms with Crippen molar-refractivity contribution in [1.29, 1.82) is 0 Å². The van der Waals surface area contributed by atoms with Crippen molar-refractivity contribution in [2.45, 2.75) is 32.9 Å². The van der Waals surface area contributed by atoms with Gasteiger partial charge >= 0.3 is 0 Å². The average Bonchev–Trinajstić information content (AvgIpc) is 3.22. The summed E-state index contributed by atoms with van der Waals surface area (Å²) in [6.07, 6.45) is 0. The molecule has 41 heavy (non-hydrogen) atoms. The van der Waals surface area contributed by atoms with Crippen molar-refractivity contribution in [3.05, 3.63) is 89.5 Å². The third kappa shape index (κ3) is 5.85. The lowest BCUT2D eigenvalue weighted by atomic mass is 9.99. The molecule has 2 aliphatic rings. The van der Waals surface area contributed by atoms with E-state index >= 15 is 0 Å². The third-order valence-electron chi connectivity index (χ3n) is 7.67. The molecule has 0 saturated carbocycles. The number of hydrogen-bond acceptors (Lipinski definition) is 6. The number of morpholine rings is 1. The number of benzene rings is 3. The van der Waals surface area contributed by atoms with Crippen LogP contribution in [0, 0.1) is 6.92 Å². The molecule has 2 aliphatic heterocycles. The molecule has 0 radical (unpaired) electrons. The topological polar surface area (TPSA) is 99.3 Å². The number of nitrogens with zero attached hydrogens (tertiary/aromatic N) is 3. The van der Waals surface area contributed by atoms with E-state index in [1.54, 1.807) is 38.1 Å². The van der Waals surface area contributed by atoms with Gasteiger partial charge in [0.1, 0.15) is 12.1 Å². The first-order chi connectivity index (χ1) is 19.6. The summed E-state index contributed by atoms with van der Waals surface area (Å²) in [4.78, 5) is 57.8. The van der Waals surface area contributed by atoms with Crippen molar-refractivity contribution in [2.75, 3.05) is 48.0 Å². The summed E-state index contributed by atoms with van der Waals surface area (Å²) < 4.78 is 5.43. The highest BCUT2D eigenvalue weighted by Crippen LogP contribution is 2.30. The lowest BCUT2D eigenvalue weighted by Crippen LogP contribution is -2.57. The van der Waals surface area contributed by atoms with Crippen molar-refractivity contribution < 1.29 is 23.9 Å². The molecule has 2 heterocycles. The van der Waals surface area contributed by atoms with Crippen molar-refractivity contribution in [3.8, 4) is 0 Å². The van der Waals surface area contributed by atoms with Gasteiger partial charge in [0.15, 0.2) is 0 Å². The number of para-hydroxylation sites is 1. The Balaban J connectivity index is 1.37. The molecule has 5 rings (SSSR count). The van der Waals surface area contributed by atoms with Gasteiger partial charge in [0.2, 0.25) is 11.8 Å². The lowest BCUT2D eigenvalue weighted by Gasteiger charge is -2.38. The minimum atomic E-state index is -1.29. The molecule has 212 valence electrons. The number of fused-ring (bicyclic) bond motifs is 1. The van der Waals surface area contributed by atoms with Gasteiger partial charge in [0.05, 0.1) is 24.5 Å². The van der Waals surface area contributed by atoms with E-state index < -0.39 is 23.1 Å². The molecule has 9 nitrogen and oxygen atoms in total. The van der Waals surface area contributed by atoms with Gasteiger partial charge in [-0.1, -0.05) is 42.0 Å². The van der Waals surface area contributed by atoms with Crippen molar-refractivity contribution in [3.63, 3.8) is 0 Å². The number of rotatable bonds is 8. The molecular formula is C32H34N4O5. The number of ether oxygens (including phenoxy) is 1. The summed E-state index contributed by atoms with van der Waals surface area (Å²) in [5.41, 5.74) is 2.94. The number of hydrogen-bond donors (Lipinski definition) is 1. The molecule has 0 atom stereocenters. The van der Waals surface area contributed by atoms with Crippen molar-refractivity contribution >= 4 is 40.6 Å². The summed E-state index contributed by atoms with van der Waals surface area (Å²) >= 11 is 0. The predicted molar refractivity (Wildman–Crippen MR) is 157 cm³/mol. The first-order valence-corrected chi connectivity index (χ1v) is 13.7. The van der Waals surface area contributed by atoms with Gasteiger partial charge in [-0.15, -0.1) is 0 Å². The SMILES string of the molecule is Cc1ccc(CN(C(=O)CN2C(=O)C(=O)c3ccccc32)C(C)(C)C(=O)Nc2ccc(N3CCOCC3)cc2)cc1. The van der Waals surface area contributed by atoms with Crippen LogP contribution in [0.3, 0.4) is 0 Å². The van der Waals surface area contributed by atoms with Crippen molar-refractivity contribution in [1.82, 2.24) is 4.90 Å². The Morgan fingerprint density at radius 3 is 2.27 bits per heavy atom. The number of amides is 3. The second-order valence-electron chi connectivity index (χ2n) is 10.9. The number of carbonyl (C=O) groups is 4. The fourth-order valence-corrected chi connectivity index (χ4v) is 5.08. The zero-order valence-electron chi connectivity index (χ0n) is 23.6. The van der Waals surface area contributed by atoms with Crippen LogP contribution in [0.5, 0.6) is 0 Å². The normalized spacial score (nSPS) is 15.1. The minimum Gasteiger partial charge on any atom is -0.378 e. The van der Waals surface area contributed by atoms with Crippen LogP contribution in [0.1, 0.15) is 35.3 Å². The number of ketones is 1. The third-order valence-corrected chi connectivity index (χ3v) is 7.67. The van der Waals surface area contributed by atoms with Crippen LogP contribution >= 0.6 is 0 Å². The van der Waals surface area contributed by atoms with Crippen LogP contribution in [0.2, 0.25) is 0 Å². The smallest absolute Gasteiger partial charge is 0.299 e. The van der Waals surface area contributed by atoms with Crippen LogP contribution in [0.25, 0.3) is 0 Å². The van der Waals surface area contributed by atoms with Crippen LogP contribution in [-0.2, 0) is 25.7 Å². The van der Waals surface area contributed by atoms with Crippen LogP contribution in [-0.4, -0.2) is 66.8 Å². The standard InChI is InChI=1S/C32H34N4O5/c1-22-8-10-23(11-9-22)20-36(28(37)21-35-27-7-5-4-6-26(27)29(38)30(35)39)32(2,3)31(40)33-24-12-14-25(15-13-24)34-16-18-41-19-17-34/h4-15H,16-21H2,1-3H3,(H,33,40). The van der Waals surface area contributed by atoms with E-state index in [2.05, 4.69) is 10.2 Å². The maximum Gasteiger partial charge on any atom is 0.299 e. The molecule has 0 aromatic heterocycles. The first-order valence-electron chi connectivity index (χ1n) is 13.7. The molecule has 9 heteroatoms. The molecule has 3 aromatic rings. The van der Waals surface area contributed by atoms with Gasteiger partial charge in [-0.2, -0.15) is 0 Å². The van der Waals surface area contributed by atoms with E-state index in [1.165, 1.54) is 9.80 Å². The quantitative estimate of drug-likeness (QED) is 0.426. The van der Waals surface area contributed by atoms with Gasteiger partial charge in [0.25, 0.3) is 11.7 Å². The Kier molecular flexibility index (Phi) is 7.90. The molecule has 1 fully saturated rings. The maximum atomic E-state index is 13.9. The number of nitrogens with one attached hydrogen (secondary N) is 1. The zero-order valence-corrected chi connectivity index (χ0v) is 23.6. The van der Waals surface area contributed by atoms with Gasteiger partial charge in [0, 0.05) is 31.0 Å². The minimum absolute atomic E-state index is 0.146. The largest absolute Gasteiger partial charge is 0.378 e. The van der Waals surface area contributed by atoms with E-state index in [0.717, 1.165) is 29.9 Å². The molecule has 1 saturated heterocycles. The van der Waals surface area contributed by atoms with Gasteiger partial charge in [-0.05, 0) is 62.7 Å². The predicted octanol–water partition coefficient (Wildman–Crippen LogP) is 3.81. The summed E-state index contributed by atoms with van der Waals surface area (Å²) in [6, 6.07) is 21.9. The fourth-order valence-electron chi connectivity index (χ4n) is 5.08. The first kappa shape index (κ1) is 28.0. The Morgan fingerprint density at radius 1 is 0.927 bits per heavy atom. The highest BCUT2D eigenvalue weighted by molar-refractivity contribution is 6.52. The second-order valence-corrected chi connectivity index (χ2v) is 10.9. The summed E-state index contributed by atoms with van der Waals surface area (Å²) in [7, 11) is 0. The Labute approximate surface area is 239 Å². The molecule has 1 N–H and O–H groups in total. The maximum absolute atomic E-state index is 13.9. The summed E-state index contributed by atoms with van der Waals surface area (Å²) in [5, 5.41) is 2.96. The average molecular weight is 555 g/mol. The summed E-state index contributed by atoms with van der Waals surface area (Å²) in [5.74, 6) is -2.22. The van der Waals surface area contributed by atoms with E-state index in [1.807, 2.05) is 55.5 Å². The Morgan fingerprint density at radius 2 is 1.59 bits per heavy atom. The van der Waals surface area contributed by atoms with Crippen molar-refractivity contribution in [2.24, 2.45) is 0 Å². The zero-order chi connectivity index (χ0) is 29.1. The Bertz CT molecular complexity index is 1460. The van der Waals surface area contributed by atoms with E-state index in [9.17, 15) is 19.2 Å². The van der Waals surface area contributed by atoms with Crippen LogP contribution in [0.4, 0.5) is 17.1 Å². The lowest BCUT2D eigenvalue weighted by molar-refractivity contribution is -0.143. The van der Waals surface area contributed by atoms with Gasteiger partial charge in [-0.3, -0.25) is 24.1 Å². The summed E-state index contributed by atoms with van der Waals surface area (Å²) in [6.45, 7) is 8.10. The number of carbonyl (C=O) groups excluding carboxylic acids is 4. The van der Waals surface area contributed by atoms with E-state index in [-0.39, 0.29) is 24.6 Å². The van der Waals surface area contributed by atoms with Gasteiger partial charge in [-0.25, -0.2) is 0 Å². The molecule has 0 bridgehead atoms. The molecule has 0 spiro atoms. The molecule has 3 amide bonds. The van der Waals surface area contributed by atoms with Crippen LogP contribution in [0.15, 0.2) is 72.8 Å². The molecule has 0 aliphatic carbocycles. The molecular weight excluding hydrogens is 520 g/mol. The fraction of sp³-hybridized carbons (Fsp3) is 0.312. The second kappa shape index (κ2) is 11.5. The molecule has 3 aromatic carbocycles. The van der Waals surface area contributed by atoms with Crippen LogP contribution < -0.4 is 15.1 Å².